The number of nitrogens with zero attached hydrogens (tertiary/aromatic N) is 1. The summed E-state index contributed by atoms with van der Waals surface area (Å²) in [5.41, 5.74) is 5.86. The van der Waals surface area contributed by atoms with Crippen molar-refractivity contribution in [3.8, 4) is 0 Å². The van der Waals surface area contributed by atoms with Crippen LogP contribution in [0, 0.1) is 5.92 Å². The smallest absolute Gasteiger partial charge is 0.339 e. The summed E-state index contributed by atoms with van der Waals surface area (Å²) in [6.45, 7) is 2.44. The molecule has 27 heavy (non-hydrogen) atoms. The van der Waals surface area contributed by atoms with Crippen molar-refractivity contribution in [2.24, 2.45) is 11.7 Å². The van der Waals surface area contributed by atoms with Crippen LogP contribution in [0.2, 0.25) is 0 Å². The maximum Gasteiger partial charge on any atom is 0.339 e. The fourth-order valence-corrected chi connectivity index (χ4v) is 4.76. The number of carbonyl (C=O) groups is 2. The molecular formula is C17H25ClN2O6S. The van der Waals surface area contributed by atoms with Crippen molar-refractivity contribution in [1.82, 2.24) is 4.31 Å². The van der Waals surface area contributed by atoms with Gasteiger partial charge in [-0.25, -0.2) is 18.0 Å². The first-order chi connectivity index (χ1) is 12.2. The molecule has 2 rings (SSSR count). The van der Waals surface area contributed by atoms with E-state index >= 15 is 0 Å². The molecule has 2 atom stereocenters. The lowest BCUT2D eigenvalue weighted by molar-refractivity contribution is 0.0583. The zero-order valence-corrected chi connectivity index (χ0v) is 17.1. The Balaban J connectivity index is 0.00000364. The van der Waals surface area contributed by atoms with Crippen molar-refractivity contribution in [1.29, 1.82) is 0 Å². The molecule has 152 valence electrons. The summed E-state index contributed by atoms with van der Waals surface area (Å²) in [7, 11) is -1.65. The number of methoxy groups -OCH3 is 2. The normalized spacial score (nSPS) is 18.9. The molecule has 1 aromatic carbocycles. The van der Waals surface area contributed by atoms with E-state index in [1.165, 1.54) is 30.7 Å². The first-order valence-corrected chi connectivity index (χ1v) is 9.72. The Morgan fingerprint density at radius 3 is 2.41 bits per heavy atom. The lowest BCUT2D eigenvalue weighted by atomic mass is 9.93. The van der Waals surface area contributed by atoms with Crippen LogP contribution in [0.5, 0.6) is 0 Å². The summed E-state index contributed by atoms with van der Waals surface area (Å²) in [6.07, 6.45) is 1.52. The van der Waals surface area contributed by atoms with E-state index in [0.717, 1.165) is 12.5 Å². The zero-order valence-electron chi connectivity index (χ0n) is 15.5. The summed E-state index contributed by atoms with van der Waals surface area (Å²) in [5.74, 6) is -1.45. The minimum Gasteiger partial charge on any atom is -0.465 e. The van der Waals surface area contributed by atoms with Crippen LogP contribution in [-0.4, -0.2) is 58.0 Å². The number of esters is 2. The molecule has 0 aliphatic carbocycles. The molecule has 1 aliphatic heterocycles. The second-order valence-electron chi connectivity index (χ2n) is 6.32. The summed E-state index contributed by atoms with van der Waals surface area (Å²) in [5, 5.41) is 0. The van der Waals surface area contributed by atoms with Crippen molar-refractivity contribution in [2.45, 2.75) is 30.7 Å². The number of carbonyl (C=O) groups excluding carboxylic acids is 2. The van der Waals surface area contributed by atoms with Gasteiger partial charge in [0.05, 0.1) is 30.2 Å². The molecule has 2 unspecified atom stereocenters. The maximum absolute atomic E-state index is 13.2. The fourth-order valence-electron chi connectivity index (χ4n) is 3.02. The van der Waals surface area contributed by atoms with Crippen molar-refractivity contribution in [3.05, 3.63) is 29.3 Å². The van der Waals surface area contributed by atoms with E-state index in [-0.39, 0.29) is 46.9 Å². The Hall–Kier alpha value is -1.68. The van der Waals surface area contributed by atoms with Crippen LogP contribution in [0.3, 0.4) is 0 Å². The Morgan fingerprint density at radius 2 is 1.85 bits per heavy atom. The van der Waals surface area contributed by atoms with Crippen molar-refractivity contribution >= 4 is 34.4 Å². The van der Waals surface area contributed by atoms with E-state index in [1.54, 1.807) is 0 Å². The fraction of sp³-hybridized carbons (Fsp3) is 0.529. The highest BCUT2D eigenvalue weighted by Crippen LogP contribution is 2.28. The number of hydrogen-bond acceptors (Lipinski definition) is 7. The number of sulfonamides is 1. The number of rotatable bonds is 5. The van der Waals surface area contributed by atoms with Gasteiger partial charge >= 0.3 is 11.9 Å². The number of hydrogen-bond donors (Lipinski definition) is 1. The van der Waals surface area contributed by atoms with Gasteiger partial charge in [-0.05, 0) is 43.9 Å². The second-order valence-corrected chi connectivity index (χ2v) is 8.22. The van der Waals surface area contributed by atoms with Crippen LogP contribution in [0.4, 0.5) is 0 Å². The number of benzene rings is 1. The molecule has 0 bridgehead atoms. The van der Waals surface area contributed by atoms with Gasteiger partial charge in [-0.3, -0.25) is 0 Å². The topological polar surface area (TPSA) is 116 Å². The van der Waals surface area contributed by atoms with Crippen LogP contribution in [0.15, 0.2) is 23.1 Å². The van der Waals surface area contributed by atoms with Gasteiger partial charge in [-0.2, -0.15) is 4.31 Å². The lowest BCUT2D eigenvalue weighted by Gasteiger charge is -2.34. The molecule has 1 heterocycles. The third-order valence-corrected chi connectivity index (χ3v) is 6.50. The number of halogens is 1. The number of piperidine rings is 1. The standard InChI is InChI=1S/C17H24N2O6S.ClH/c1-11(18)13-5-4-8-19(10-13)26(22,23)15-9-12(16(20)24-2)6-7-14(15)17(21)25-3;/h6-7,9,11,13H,4-5,8,10,18H2,1-3H3;1H. The molecule has 1 fully saturated rings. The third-order valence-electron chi connectivity index (χ3n) is 4.59. The number of ether oxygens (including phenoxy) is 2. The van der Waals surface area contributed by atoms with E-state index in [1.807, 2.05) is 6.92 Å². The molecule has 1 saturated heterocycles. The van der Waals surface area contributed by atoms with Gasteiger partial charge in [0, 0.05) is 19.1 Å². The second kappa shape index (κ2) is 9.50. The monoisotopic (exact) mass is 420 g/mol. The van der Waals surface area contributed by atoms with Gasteiger partial charge < -0.3 is 15.2 Å². The van der Waals surface area contributed by atoms with Crippen LogP contribution in [0.25, 0.3) is 0 Å². The quantitative estimate of drug-likeness (QED) is 0.716. The predicted octanol–water partition coefficient (Wildman–Crippen LogP) is 1.43. The van der Waals surface area contributed by atoms with Gasteiger partial charge in [-0.15, -0.1) is 12.4 Å². The first-order valence-electron chi connectivity index (χ1n) is 8.28. The van der Waals surface area contributed by atoms with Crippen LogP contribution in [-0.2, 0) is 19.5 Å². The maximum atomic E-state index is 13.2. The molecule has 10 heteroatoms. The van der Waals surface area contributed by atoms with Crippen molar-refractivity contribution in [3.63, 3.8) is 0 Å². The Morgan fingerprint density at radius 1 is 1.22 bits per heavy atom. The molecule has 2 N–H and O–H groups in total. The minimum absolute atomic E-state index is 0. The molecule has 1 aromatic rings. The van der Waals surface area contributed by atoms with E-state index in [2.05, 4.69) is 9.47 Å². The van der Waals surface area contributed by atoms with E-state index in [4.69, 9.17) is 5.73 Å². The van der Waals surface area contributed by atoms with Crippen LogP contribution >= 0.6 is 12.4 Å². The van der Waals surface area contributed by atoms with E-state index < -0.39 is 22.0 Å². The molecular weight excluding hydrogens is 396 g/mol. The average Bonchev–Trinajstić information content (AvgIpc) is 2.66. The molecule has 0 saturated carbocycles. The zero-order chi connectivity index (χ0) is 19.5. The van der Waals surface area contributed by atoms with Crippen molar-refractivity contribution < 1.29 is 27.5 Å². The highest BCUT2D eigenvalue weighted by molar-refractivity contribution is 7.89. The predicted molar refractivity (Wildman–Crippen MR) is 102 cm³/mol. The summed E-state index contributed by atoms with van der Waals surface area (Å²) in [4.78, 5) is 23.6. The Kier molecular flexibility index (Phi) is 8.22. The number of nitrogens with two attached hydrogens (primary N) is 1. The van der Waals surface area contributed by atoms with Crippen molar-refractivity contribution in [2.75, 3.05) is 27.3 Å². The van der Waals surface area contributed by atoms with Gasteiger partial charge in [0.2, 0.25) is 10.0 Å². The van der Waals surface area contributed by atoms with Gasteiger partial charge in [-0.1, -0.05) is 0 Å². The molecule has 0 radical (unpaired) electrons. The Labute approximate surface area is 165 Å². The largest absolute Gasteiger partial charge is 0.465 e. The van der Waals surface area contributed by atoms with Gasteiger partial charge in [0.15, 0.2) is 0 Å². The molecule has 0 aromatic heterocycles. The van der Waals surface area contributed by atoms with Gasteiger partial charge in [0.25, 0.3) is 0 Å². The molecule has 0 amide bonds. The van der Waals surface area contributed by atoms with E-state index in [0.29, 0.717) is 13.0 Å². The summed E-state index contributed by atoms with van der Waals surface area (Å²) >= 11 is 0. The SMILES string of the molecule is COC(=O)c1ccc(C(=O)OC)c(S(=O)(=O)N2CCCC(C(C)N)C2)c1.Cl. The minimum atomic E-state index is -4.01. The first kappa shape index (κ1) is 23.4. The molecule has 1 aliphatic rings. The lowest BCUT2D eigenvalue weighted by Crippen LogP contribution is -2.45. The third kappa shape index (κ3) is 4.98. The van der Waals surface area contributed by atoms with E-state index in [9.17, 15) is 18.0 Å². The Bertz CT molecular complexity index is 797. The summed E-state index contributed by atoms with van der Waals surface area (Å²) in [6, 6.07) is 3.60. The highest BCUT2D eigenvalue weighted by atomic mass is 35.5. The highest BCUT2D eigenvalue weighted by Gasteiger charge is 2.34. The average molecular weight is 421 g/mol. The van der Waals surface area contributed by atoms with Gasteiger partial charge in [0.1, 0.15) is 0 Å². The molecule has 8 nitrogen and oxygen atoms in total. The summed E-state index contributed by atoms with van der Waals surface area (Å²) < 4.78 is 37.0. The van der Waals surface area contributed by atoms with Crippen LogP contribution < -0.4 is 5.73 Å². The van der Waals surface area contributed by atoms with Crippen LogP contribution in [0.1, 0.15) is 40.5 Å². The molecule has 0 spiro atoms.